The van der Waals surface area contributed by atoms with Gasteiger partial charge in [0.25, 0.3) is 0 Å². The van der Waals surface area contributed by atoms with Gasteiger partial charge in [-0.25, -0.2) is 13.9 Å². The molecule has 1 unspecified atom stereocenters. The standard InChI is InChI=1S/C39H34FN5O3/c40-35-31(19-10-20-33(35)41)26-21-22-34-32(24-26)36(42-37(46)27-12-11-23-44(25-27)38(47)48)43-45(34)39(28-13-4-1-5-14-28,29-15-6-2-7-16-29)30-17-8-3-9-18-30/h1-10,13-22,24,27H,11-12,23,25,41H2,(H,47,48)(H,42,43,46). The number of hydrogen-bond donors (Lipinski definition) is 3. The van der Waals surface area contributed by atoms with Crippen molar-refractivity contribution in [2.24, 2.45) is 5.92 Å². The highest BCUT2D eigenvalue weighted by molar-refractivity contribution is 6.02. The van der Waals surface area contributed by atoms with E-state index in [4.69, 9.17) is 10.8 Å². The maximum absolute atomic E-state index is 15.3. The average molecular weight is 640 g/mol. The number of aromatic nitrogens is 2. The van der Waals surface area contributed by atoms with E-state index in [1.54, 1.807) is 12.1 Å². The van der Waals surface area contributed by atoms with Crippen LogP contribution >= 0.6 is 0 Å². The fraction of sp³-hybridized carbons (Fsp3) is 0.154. The second-order valence-corrected chi connectivity index (χ2v) is 12.1. The van der Waals surface area contributed by atoms with E-state index >= 15 is 4.39 Å². The molecule has 4 N–H and O–H groups in total. The van der Waals surface area contributed by atoms with E-state index in [0.717, 1.165) is 16.7 Å². The van der Waals surface area contributed by atoms with Crippen molar-refractivity contribution < 1.29 is 19.1 Å². The van der Waals surface area contributed by atoms with E-state index < -0.39 is 23.4 Å². The second kappa shape index (κ2) is 12.7. The maximum Gasteiger partial charge on any atom is 0.407 e. The minimum atomic E-state index is -1.05. The van der Waals surface area contributed by atoms with Crippen LogP contribution in [0.1, 0.15) is 29.5 Å². The van der Waals surface area contributed by atoms with Gasteiger partial charge in [0.05, 0.1) is 17.1 Å². The minimum absolute atomic E-state index is 0.0355. The lowest BCUT2D eigenvalue weighted by Gasteiger charge is -2.37. The van der Waals surface area contributed by atoms with E-state index in [9.17, 15) is 14.7 Å². The van der Waals surface area contributed by atoms with E-state index in [1.807, 2.05) is 77.5 Å². The summed E-state index contributed by atoms with van der Waals surface area (Å²) in [6.07, 6.45) is 0.0856. The van der Waals surface area contributed by atoms with Crippen molar-refractivity contribution >= 4 is 34.4 Å². The van der Waals surface area contributed by atoms with Gasteiger partial charge in [-0.1, -0.05) is 109 Å². The molecule has 1 atom stereocenters. The van der Waals surface area contributed by atoms with Crippen LogP contribution in [0.3, 0.4) is 0 Å². The molecule has 8 nitrogen and oxygen atoms in total. The number of nitrogens with zero attached hydrogens (tertiary/aromatic N) is 3. The van der Waals surface area contributed by atoms with Crippen LogP contribution in [0.15, 0.2) is 127 Å². The van der Waals surface area contributed by atoms with E-state index in [1.165, 1.54) is 11.0 Å². The van der Waals surface area contributed by atoms with E-state index in [2.05, 4.69) is 41.7 Å². The average Bonchev–Trinajstić information content (AvgIpc) is 3.48. The van der Waals surface area contributed by atoms with E-state index in [-0.39, 0.29) is 18.1 Å². The first-order valence-electron chi connectivity index (χ1n) is 15.9. The highest BCUT2D eigenvalue weighted by Gasteiger charge is 2.41. The number of carboxylic acid groups (broad SMARTS) is 1. The Labute approximate surface area is 277 Å². The molecule has 7 rings (SSSR count). The third-order valence-electron chi connectivity index (χ3n) is 9.22. The number of likely N-dealkylation sites (tertiary alicyclic amines) is 1. The number of halogens is 1. The Balaban J connectivity index is 1.49. The van der Waals surface area contributed by atoms with Crippen molar-refractivity contribution in [2.75, 3.05) is 24.1 Å². The predicted molar refractivity (Wildman–Crippen MR) is 185 cm³/mol. The molecule has 0 saturated carbocycles. The Hall–Kier alpha value is -5.96. The molecule has 0 radical (unpaired) electrons. The first-order valence-corrected chi connectivity index (χ1v) is 15.9. The number of benzene rings is 5. The number of nitrogens with two attached hydrogens (primary N) is 1. The molecule has 6 aromatic rings. The Morgan fingerprint density at radius 3 is 2.02 bits per heavy atom. The largest absolute Gasteiger partial charge is 0.465 e. The van der Waals surface area contributed by atoms with Crippen molar-refractivity contribution in [1.29, 1.82) is 0 Å². The molecule has 5 aromatic carbocycles. The molecule has 0 bridgehead atoms. The monoisotopic (exact) mass is 639 g/mol. The van der Waals surface area contributed by atoms with Crippen LogP contribution in [-0.4, -0.2) is 44.9 Å². The Morgan fingerprint density at radius 2 is 1.44 bits per heavy atom. The van der Waals surface area contributed by atoms with Gasteiger partial charge in [0.1, 0.15) is 5.54 Å². The topological polar surface area (TPSA) is 113 Å². The van der Waals surface area contributed by atoms with Gasteiger partial charge in [-0.05, 0) is 53.3 Å². The van der Waals surface area contributed by atoms with Crippen LogP contribution in [0.25, 0.3) is 22.0 Å². The van der Waals surface area contributed by atoms with Gasteiger partial charge in [-0.3, -0.25) is 4.79 Å². The number of carbonyl (C=O) groups is 2. The van der Waals surface area contributed by atoms with Crippen LogP contribution in [0, 0.1) is 11.7 Å². The molecule has 0 spiro atoms. The number of anilines is 2. The van der Waals surface area contributed by atoms with Crippen molar-refractivity contribution in [2.45, 2.75) is 18.4 Å². The number of nitrogen functional groups attached to an aromatic ring is 1. The van der Waals surface area contributed by atoms with Gasteiger partial charge in [-0.15, -0.1) is 0 Å². The molecule has 1 aliphatic rings. The Bertz CT molecular complexity index is 2000. The summed E-state index contributed by atoms with van der Waals surface area (Å²) in [7, 11) is 0. The number of nitrogens with one attached hydrogen (secondary N) is 1. The lowest BCUT2D eigenvalue weighted by molar-refractivity contribution is -0.121. The van der Waals surface area contributed by atoms with Gasteiger partial charge >= 0.3 is 6.09 Å². The third-order valence-corrected chi connectivity index (χ3v) is 9.22. The zero-order valence-electron chi connectivity index (χ0n) is 26.1. The number of amides is 2. The smallest absolute Gasteiger partial charge is 0.407 e. The van der Waals surface area contributed by atoms with Gasteiger partial charge in [-0.2, -0.15) is 5.10 Å². The molecule has 1 aromatic heterocycles. The predicted octanol–water partition coefficient (Wildman–Crippen LogP) is 7.59. The first kappa shape index (κ1) is 30.7. The highest BCUT2D eigenvalue weighted by Crippen LogP contribution is 2.44. The fourth-order valence-electron chi connectivity index (χ4n) is 6.90. The number of carbonyl (C=O) groups excluding carboxylic acids is 1. The van der Waals surface area contributed by atoms with Crippen molar-refractivity contribution in [3.8, 4) is 11.1 Å². The van der Waals surface area contributed by atoms with Crippen molar-refractivity contribution in [3.05, 3.63) is 150 Å². The zero-order valence-corrected chi connectivity index (χ0v) is 26.1. The quantitative estimate of drug-likeness (QED) is 0.123. The minimum Gasteiger partial charge on any atom is -0.465 e. The fourth-order valence-corrected chi connectivity index (χ4v) is 6.90. The summed E-state index contributed by atoms with van der Waals surface area (Å²) in [5.74, 6) is -1.11. The van der Waals surface area contributed by atoms with Crippen LogP contribution in [0.2, 0.25) is 0 Å². The Kier molecular flexibility index (Phi) is 8.10. The molecule has 1 aliphatic heterocycles. The molecule has 2 amide bonds. The summed E-state index contributed by atoms with van der Waals surface area (Å²) >= 11 is 0. The highest BCUT2D eigenvalue weighted by atomic mass is 19.1. The lowest BCUT2D eigenvalue weighted by atomic mass is 9.77. The summed E-state index contributed by atoms with van der Waals surface area (Å²) in [4.78, 5) is 26.9. The second-order valence-electron chi connectivity index (χ2n) is 12.1. The molecule has 48 heavy (non-hydrogen) atoms. The van der Waals surface area contributed by atoms with Crippen LogP contribution in [0.4, 0.5) is 20.7 Å². The third kappa shape index (κ3) is 5.33. The number of hydrogen-bond acceptors (Lipinski definition) is 4. The van der Waals surface area contributed by atoms with Crippen LogP contribution in [-0.2, 0) is 10.3 Å². The maximum atomic E-state index is 15.3. The zero-order chi connectivity index (χ0) is 33.3. The van der Waals surface area contributed by atoms with Crippen molar-refractivity contribution in [3.63, 3.8) is 0 Å². The molecule has 240 valence electrons. The number of piperidine rings is 1. The lowest BCUT2D eigenvalue weighted by Crippen LogP contribution is -2.43. The molecular formula is C39H34FN5O3. The van der Waals surface area contributed by atoms with Gasteiger partial charge in [0, 0.05) is 24.0 Å². The summed E-state index contributed by atoms with van der Waals surface area (Å²) < 4.78 is 17.3. The van der Waals surface area contributed by atoms with Gasteiger partial charge in [0.2, 0.25) is 5.91 Å². The van der Waals surface area contributed by atoms with E-state index in [0.29, 0.717) is 47.2 Å². The molecule has 0 aliphatic carbocycles. The van der Waals surface area contributed by atoms with Gasteiger partial charge in [0.15, 0.2) is 11.6 Å². The molecule has 1 fully saturated rings. The first-order chi connectivity index (χ1) is 23.4. The van der Waals surface area contributed by atoms with Crippen LogP contribution < -0.4 is 11.1 Å². The number of rotatable bonds is 7. The summed E-state index contributed by atoms with van der Waals surface area (Å²) in [5.41, 5.74) is 9.42. The number of fused-ring (bicyclic) bond motifs is 1. The van der Waals surface area contributed by atoms with Crippen molar-refractivity contribution in [1.82, 2.24) is 14.7 Å². The molecule has 2 heterocycles. The Morgan fingerprint density at radius 1 is 0.833 bits per heavy atom. The van der Waals surface area contributed by atoms with Gasteiger partial charge < -0.3 is 21.1 Å². The molecular weight excluding hydrogens is 605 g/mol. The summed E-state index contributed by atoms with van der Waals surface area (Å²) in [5, 5.41) is 18.5. The normalized spacial score (nSPS) is 14.9. The SMILES string of the molecule is Nc1cccc(-c2ccc3c(c2)c(NC(=O)C2CCCN(C(=O)O)C2)nn3C(c2ccccc2)(c2ccccc2)c2ccccc2)c1F. The van der Waals surface area contributed by atoms with Crippen LogP contribution in [0.5, 0.6) is 0 Å². The molecule has 9 heteroatoms. The molecule has 1 saturated heterocycles. The summed E-state index contributed by atoms with van der Waals surface area (Å²) in [6, 6.07) is 40.6. The summed E-state index contributed by atoms with van der Waals surface area (Å²) in [6.45, 7) is 0.487.